The number of amides is 2. The molecule has 0 aliphatic rings. The van der Waals surface area contributed by atoms with E-state index >= 15 is 0 Å². The fourth-order valence-corrected chi connectivity index (χ4v) is 0.717. The lowest BCUT2D eigenvalue weighted by molar-refractivity contribution is -0.145. The molecule has 13 heavy (non-hydrogen) atoms. The third-order valence-corrected chi connectivity index (χ3v) is 1.55. The van der Waals surface area contributed by atoms with E-state index in [4.69, 9.17) is 10.9 Å². The van der Waals surface area contributed by atoms with Gasteiger partial charge in [-0.25, -0.2) is 5.84 Å². The van der Waals surface area contributed by atoms with Crippen LogP contribution in [-0.2, 0) is 9.59 Å². The third-order valence-electron chi connectivity index (χ3n) is 1.55. The van der Waals surface area contributed by atoms with Crippen LogP contribution in [0.3, 0.4) is 0 Å². The molecule has 0 saturated carbocycles. The lowest BCUT2D eigenvalue weighted by Crippen LogP contribution is -2.44. The predicted octanol–water partition coefficient (Wildman–Crippen LogP) is -1.79. The van der Waals surface area contributed by atoms with Gasteiger partial charge in [0.25, 0.3) is 0 Å². The SMILES string of the molecule is CC(O)CCN(C)C(=O)C(=O)NN. The second-order valence-corrected chi connectivity index (χ2v) is 2.84. The van der Waals surface area contributed by atoms with E-state index in [9.17, 15) is 9.59 Å². The molecule has 0 aliphatic carbocycles. The molecule has 6 nitrogen and oxygen atoms in total. The summed E-state index contributed by atoms with van der Waals surface area (Å²) < 4.78 is 0. The first-order chi connectivity index (χ1) is 5.99. The Bertz CT molecular complexity index is 193. The second-order valence-electron chi connectivity index (χ2n) is 2.84. The average Bonchev–Trinajstić information content (AvgIpc) is 2.11. The molecule has 0 rings (SSSR count). The summed E-state index contributed by atoms with van der Waals surface area (Å²) in [6.45, 7) is 1.94. The van der Waals surface area contributed by atoms with Crippen molar-refractivity contribution in [3.8, 4) is 0 Å². The number of hydrazine groups is 1. The second kappa shape index (κ2) is 5.50. The molecule has 2 amide bonds. The quantitative estimate of drug-likeness (QED) is 0.211. The average molecular weight is 189 g/mol. The van der Waals surface area contributed by atoms with E-state index in [0.717, 1.165) is 0 Å². The summed E-state index contributed by atoms with van der Waals surface area (Å²) in [5, 5.41) is 8.92. The molecule has 0 radical (unpaired) electrons. The molecule has 0 aliphatic heterocycles. The van der Waals surface area contributed by atoms with Crippen molar-refractivity contribution in [1.29, 1.82) is 0 Å². The van der Waals surface area contributed by atoms with E-state index in [1.807, 2.05) is 0 Å². The van der Waals surface area contributed by atoms with E-state index in [1.165, 1.54) is 11.9 Å². The van der Waals surface area contributed by atoms with Crippen LogP contribution in [0.2, 0.25) is 0 Å². The van der Waals surface area contributed by atoms with Gasteiger partial charge in [-0.05, 0) is 13.3 Å². The number of aliphatic hydroxyl groups excluding tert-OH is 1. The summed E-state index contributed by atoms with van der Waals surface area (Å²) in [5.74, 6) is 3.21. The van der Waals surface area contributed by atoms with E-state index in [2.05, 4.69) is 0 Å². The first-order valence-corrected chi connectivity index (χ1v) is 3.93. The number of nitrogens with two attached hydrogens (primary N) is 1. The molecule has 0 saturated heterocycles. The molecule has 1 atom stereocenters. The van der Waals surface area contributed by atoms with Crippen LogP contribution in [0.1, 0.15) is 13.3 Å². The van der Waals surface area contributed by atoms with Crippen molar-refractivity contribution in [2.24, 2.45) is 5.84 Å². The number of nitrogens with one attached hydrogen (secondary N) is 1. The fourth-order valence-electron chi connectivity index (χ4n) is 0.717. The van der Waals surface area contributed by atoms with Crippen molar-refractivity contribution in [3.63, 3.8) is 0 Å². The number of aliphatic hydroxyl groups is 1. The number of rotatable bonds is 3. The molecular formula is C7H15N3O3. The van der Waals surface area contributed by atoms with Crippen LogP contribution in [0, 0.1) is 0 Å². The molecule has 0 aromatic heterocycles. The monoisotopic (exact) mass is 189 g/mol. The van der Waals surface area contributed by atoms with Crippen LogP contribution >= 0.6 is 0 Å². The number of carbonyl (C=O) groups excluding carboxylic acids is 2. The molecule has 0 heterocycles. The Morgan fingerprint density at radius 2 is 2.15 bits per heavy atom. The summed E-state index contributed by atoms with van der Waals surface area (Å²) in [6, 6.07) is 0. The number of carbonyl (C=O) groups is 2. The Morgan fingerprint density at radius 3 is 2.54 bits per heavy atom. The molecule has 76 valence electrons. The molecule has 6 heteroatoms. The van der Waals surface area contributed by atoms with Gasteiger partial charge in [0, 0.05) is 13.6 Å². The first-order valence-electron chi connectivity index (χ1n) is 3.93. The van der Waals surface area contributed by atoms with Gasteiger partial charge in [-0.15, -0.1) is 0 Å². The molecular weight excluding hydrogens is 174 g/mol. The summed E-state index contributed by atoms with van der Waals surface area (Å²) >= 11 is 0. The number of nitrogens with zero attached hydrogens (tertiary/aromatic N) is 1. The number of hydrogen-bond acceptors (Lipinski definition) is 4. The van der Waals surface area contributed by atoms with Gasteiger partial charge in [0.05, 0.1) is 6.10 Å². The molecule has 0 aromatic carbocycles. The van der Waals surface area contributed by atoms with Gasteiger partial charge in [-0.1, -0.05) is 0 Å². The fraction of sp³-hybridized carbons (Fsp3) is 0.714. The minimum atomic E-state index is -0.854. The zero-order valence-corrected chi connectivity index (χ0v) is 7.78. The lowest BCUT2D eigenvalue weighted by Gasteiger charge is -2.16. The van der Waals surface area contributed by atoms with Crippen LogP contribution in [0.25, 0.3) is 0 Å². The van der Waals surface area contributed by atoms with E-state index < -0.39 is 17.9 Å². The summed E-state index contributed by atoms with van der Waals surface area (Å²) in [6.07, 6.45) is -0.0590. The van der Waals surface area contributed by atoms with Crippen LogP contribution in [0.15, 0.2) is 0 Å². The van der Waals surface area contributed by atoms with Gasteiger partial charge in [0.15, 0.2) is 0 Å². The zero-order valence-electron chi connectivity index (χ0n) is 7.78. The Labute approximate surface area is 76.7 Å². The van der Waals surface area contributed by atoms with Gasteiger partial charge < -0.3 is 10.0 Å². The number of likely N-dealkylation sites (N-methyl/N-ethyl adjacent to an activating group) is 1. The maximum Gasteiger partial charge on any atom is 0.323 e. The highest BCUT2D eigenvalue weighted by Crippen LogP contribution is 1.93. The minimum absolute atomic E-state index is 0.323. The molecule has 4 N–H and O–H groups in total. The molecule has 0 spiro atoms. The maximum absolute atomic E-state index is 11.0. The highest BCUT2D eigenvalue weighted by molar-refractivity contribution is 6.34. The van der Waals surface area contributed by atoms with Gasteiger partial charge in [-0.2, -0.15) is 0 Å². The van der Waals surface area contributed by atoms with Gasteiger partial charge in [0.1, 0.15) is 0 Å². The zero-order chi connectivity index (χ0) is 10.4. The highest BCUT2D eigenvalue weighted by Gasteiger charge is 2.16. The van der Waals surface area contributed by atoms with Crippen LogP contribution in [0.4, 0.5) is 0 Å². The highest BCUT2D eigenvalue weighted by atomic mass is 16.3. The third kappa shape index (κ3) is 4.44. The molecule has 0 bridgehead atoms. The normalized spacial score (nSPS) is 12.0. The van der Waals surface area contributed by atoms with Gasteiger partial charge >= 0.3 is 11.8 Å². The Hall–Kier alpha value is -1.14. The van der Waals surface area contributed by atoms with E-state index in [1.54, 1.807) is 12.3 Å². The Balaban J connectivity index is 3.89. The van der Waals surface area contributed by atoms with Crippen molar-refractivity contribution < 1.29 is 14.7 Å². The first kappa shape index (κ1) is 11.9. The van der Waals surface area contributed by atoms with Crippen molar-refractivity contribution in [3.05, 3.63) is 0 Å². The Kier molecular flexibility index (Phi) is 5.01. The molecule has 0 fully saturated rings. The number of hydrogen-bond donors (Lipinski definition) is 3. The van der Waals surface area contributed by atoms with Crippen LogP contribution in [0.5, 0.6) is 0 Å². The van der Waals surface area contributed by atoms with Crippen molar-refractivity contribution in [2.75, 3.05) is 13.6 Å². The van der Waals surface area contributed by atoms with Crippen LogP contribution in [-0.4, -0.2) is 41.5 Å². The van der Waals surface area contributed by atoms with E-state index in [0.29, 0.717) is 13.0 Å². The largest absolute Gasteiger partial charge is 0.393 e. The smallest absolute Gasteiger partial charge is 0.323 e. The van der Waals surface area contributed by atoms with Crippen molar-refractivity contribution in [2.45, 2.75) is 19.4 Å². The Morgan fingerprint density at radius 1 is 1.62 bits per heavy atom. The van der Waals surface area contributed by atoms with Crippen LogP contribution < -0.4 is 11.3 Å². The maximum atomic E-state index is 11.0. The topological polar surface area (TPSA) is 95.7 Å². The standard InChI is InChI=1S/C7H15N3O3/c1-5(11)3-4-10(2)7(13)6(12)9-8/h5,11H,3-4,8H2,1-2H3,(H,9,12). The predicted molar refractivity (Wildman–Crippen MR) is 46.3 cm³/mol. The van der Waals surface area contributed by atoms with Gasteiger partial charge in [-0.3, -0.25) is 15.0 Å². The van der Waals surface area contributed by atoms with Crippen molar-refractivity contribution >= 4 is 11.8 Å². The summed E-state index contributed by atoms with van der Waals surface area (Å²) in [4.78, 5) is 23.0. The minimum Gasteiger partial charge on any atom is -0.393 e. The van der Waals surface area contributed by atoms with Crippen molar-refractivity contribution in [1.82, 2.24) is 10.3 Å². The molecule has 0 aromatic rings. The van der Waals surface area contributed by atoms with Gasteiger partial charge in [0.2, 0.25) is 0 Å². The molecule has 1 unspecified atom stereocenters. The lowest BCUT2D eigenvalue weighted by atomic mass is 10.3. The van der Waals surface area contributed by atoms with E-state index in [-0.39, 0.29) is 0 Å². The summed E-state index contributed by atoms with van der Waals surface area (Å²) in [7, 11) is 1.47. The summed E-state index contributed by atoms with van der Waals surface area (Å²) in [5.41, 5.74) is 1.74.